The fourth-order valence-corrected chi connectivity index (χ4v) is 8.02. The Balaban J connectivity index is 1.32. The number of amides is 1. The van der Waals surface area contributed by atoms with Gasteiger partial charge in [-0.15, -0.1) is 11.3 Å². The topological polar surface area (TPSA) is 143 Å². The number of fused-ring (bicyclic) bond motifs is 4. The molecular weight excluding hydrogens is 666 g/mol. The maximum atomic E-state index is 16.7. The summed E-state index contributed by atoms with van der Waals surface area (Å²) < 4.78 is 64.0. The van der Waals surface area contributed by atoms with Crippen molar-refractivity contribution >= 4 is 51.7 Å². The number of carbonyl (C=O) groups is 1. The largest absolute Gasteiger partial charge is 0.465 e. The first-order valence-electron chi connectivity index (χ1n) is 15.4. The Bertz CT molecular complexity index is 1960. The first-order valence-corrected chi connectivity index (χ1v) is 19.2. The van der Waals surface area contributed by atoms with Crippen molar-refractivity contribution in [1.29, 1.82) is 5.26 Å². The second kappa shape index (κ2) is 12.9. The van der Waals surface area contributed by atoms with E-state index in [2.05, 4.69) is 54.1 Å². The van der Waals surface area contributed by atoms with Crippen molar-refractivity contribution in [3.63, 3.8) is 0 Å². The average Bonchev–Trinajstić information content (AvgIpc) is 3.73. The summed E-state index contributed by atoms with van der Waals surface area (Å²) in [5.74, 6) is -1.59. The highest BCUT2D eigenvalue weighted by Gasteiger charge is 2.38. The van der Waals surface area contributed by atoms with Crippen LogP contribution in [0, 0.1) is 23.0 Å². The number of halogens is 3. The molecule has 0 aliphatic carbocycles. The van der Waals surface area contributed by atoms with Gasteiger partial charge in [-0.3, -0.25) is 15.2 Å². The first-order chi connectivity index (χ1) is 22.7. The number of nitrogens with zero attached hydrogens (tertiary/aromatic N) is 5. The molecule has 1 aromatic carbocycles. The first kappa shape index (κ1) is 34.0. The van der Waals surface area contributed by atoms with Crippen molar-refractivity contribution in [2.45, 2.75) is 70.8 Å². The number of carboxylic acid groups (broad SMARTS) is 1. The van der Waals surface area contributed by atoms with Crippen molar-refractivity contribution in [2.24, 2.45) is 0 Å². The van der Waals surface area contributed by atoms with Gasteiger partial charge in [-0.2, -0.15) is 10.2 Å². The minimum atomic E-state index is -1.97. The summed E-state index contributed by atoms with van der Waals surface area (Å²) >= 11 is 0.718. The molecule has 2 N–H and O–H groups in total. The van der Waals surface area contributed by atoms with Crippen molar-refractivity contribution in [3.05, 3.63) is 40.7 Å². The van der Waals surface area contributed by atoms with Gasteiger partial charge in [0.25, 0.3) is 0 Å². The number of aromatic nitrogens is 3. The minimum absolute atomic E-state index is 0.0175. The van der Waals surface area contributed by atoms with Gasteiger partial charge < -0.3 is 19.0 Å². The minimum Gasteiger partial charge on any atom is -0.465 e. The Labute approximate surface area is 279 Å². The predicted molar refractivity (Wildman–Crippen MR) is 176 cm³/mol. The number of alkyl halides is 1. The van der Waals surface area contributed by atoms with Gasteiger partial charge in [0, 0.05) is 48.3 Å². The van der Waals surface area contributed by atoms with Gasteiger partial charge in [0.05, 0.1) is 35.4 Å². The van der Waals surface area contributed by atoms with E-state index < -0.39 is 32.2 Å². The highest BCUT2D eigenvalue weighted by molar-refractivity contribution is 7.23. The number of likely N-dealkylation sites (tertiary alicyclic amines) is 1. The molecule has 3 aromatic heterocycles. The van der Waals surface area contributed by atoms with Crippen LogP contribution in [0.15, 0.2) is 12.4 Å². The number of nitriles is 1. The summed E-state index contributed by atoms with van der Waals surface area (Å²) in [6, 6.07) is 1.55. The number of thiophene rings is 1. The molecule has 11 nitrogen and oxygen atoms in total. The van der Waals surface area contributed by atoms with E-state index in [9.17, 15) is 23.9 Å². The molecule has 1 saturated heterocycles. The third-order valence-electron chi connectivity index (χ3n) is 9.45. The number of ether oxygens (including phenoxy) is 2. The molecule has 48 heavy (non-hydrogen) atoms. The molecule has 0 spiro atoms. The smallest absolute Gasteiger partial charge is 0.409 e. The van der Waals surface area contributed by atoms with Crippen LogP contribution < -0.4 is 10.1 Å². The van der Waals surface area contributed by atoms with E-state index in [4.69, 9.17) is 13.9 Å². The summed E-state index contributed by atoms with van der Waals surface area (Å²) in [6.07, 6.45) is 0.162. The van der Waals surface area contributed by atoms with Crippen LogP contribution in [0.3, 0.4) is 0 Å². The number of pyridine rings is 1. The van der Waals surface area contributed by atoms with E-state index in [1.807, 2.05) is 11.0 Å². The van der Waals surface area contributed by atoms with Gasteiger partial charge in [-0.25, -0.2) is 22.9 Å². The van der Waals surface area contributed by atoms with Crippen LogP contribution >= 0.6 is 11.3 Å². The zero-order valence-corrected chi connectivity index (χ0v) is 28.9. The zero-order chi connectivity index (χ0) is 34.5. The van der Waals surface area contributed by atoms with Gasteiger partial charge in [0.15, 0.2) is 20.0 Å². The summed E-state index contributed by atoms with van der Waals surface area (Å²) in [7, 11) is -1.97. The predicted octanol–water partition coefficient (Wildman–Crippen LogP) is 6.99. The van der Waals surface area contributed by atoms with Gasteiger partial charge in [0.1, 0.15) is 29.4 Å². The maximum Gasteiger partial charge on any atom is 0.409 e. The van der Waals surface area contributed by atoms with Crippen LogP contribution in [0.5, 0.6) is 6.01 Å². The fourth-order valence-electron chi connectivity index (χ4n) is 5.94. The Morgan fingerprint density at radius 2 is 2.00 bits per heavy atom. The van der Waals surface area contributed by atoms with Crippen LogP contribution in [-0.2, 0) is 22.4 Å². The molecule has 2 aliphatic rings. The normalized spacial score (nSPS) is 18.4. The lowest BCUT2D eigenvalue weighted by molar-refractivity contribution is 0.135. The molecule has 4 aromatic rings. The van der Waals surface area contributed by atoms with Crippen molar-refractivity contribution in [2.75, 3.05) is 31.6 Å². The van der Waals surface area contributed by atoms with Gasteiger partial charge in [0.2, 0.25) is 0 Å². The van der Waals surface area contributed by atoms with E-state index in [1.54, 1.807) is 0 Å². The van der Waals surface area contributed by atoms with E-state index >= 15 is 4.39 Å². The third kappa shape index (κ3) is 6.21. The molecule has 6 rings (SSSR count). The highest BCUT2D eigenvalue weighted by atomic mass is 32.1. The molecule has 0 bridgehead atoms. The second-order valence-electron chi connectivity index (χ2n) is 13.5. The summed E-state index contributed by atoms with van der Waals surface area (Å²) in [5, 5.41) is 21.6. The molecule has 0 saturated carbocycles. The summed E-state index contributed by atoms with van der Waals surface area (Å²) in [4.78, 5) is 26.3. The maximum absolute atomic E-state index is 16.7. The van der Waals surface area contributed by atoms with E-state index in [-0.39, 0.29) is 87.3 Å². The zero-order valence-electron chi connectivity index (χ0n) is 27.1. The third-order valence-corrected chi connectivity index (χ3v) is 15.1. The molecule has 0 radical (unpaired) electrons. The summed E-state index contributed by atoms with van der Waals surface area (Å²) in [6.45, 7) is 12.3. The number of benzene rings is 1. The molecule has 16 heteroatoms. The Hall–Kier alpha value is -3.88. The highest BCUT2D eigenvalue weighted by Crippen LogP contribution is 2.46. The molecule has 254 valence electrons. The van der Waals surface area contributed by atoms with Crippen molar-refractivity contribution < 1.29 is 37.0 Å². The monoisotopic (exact) mass is 700 g/mol. The Morgan fingerprint density at radius 3 is 2.71 bits per heavy atom. The number of anilines is 1. The van der Waals surface area contributed by atoms with Crippen molar-refractivity contribution in [1.82, 2.24) is 19.9 Å². The lowest BCUT2D eigenvalue weighted by Crippen LogP contribution is -2.44. The number of hydrogen-bond donors (Lipinski definition) is 2. The lowest BCUT2D eigenvalue weighted by Gasteiger charge is -2.37. The quantitative estimate of drug-likeness (QED) is 0.176. The molecule has 1 amide bonds. The molecule has 1 fully saturated rings. The van der Waals surface area contributed by atoms with Crippen LogP contribution in [0.2, 0.25) is 18.1 Å². The van der Waals surface area contributed by atoms with Crippen LogP contribution in [0.4, 0.5) is 23.0 Å². The van der Waals surface area contributed by atoms with Crippen LogP contribution in [0.25, 0.3) is 32.2 Å². The van der Waals surface area contributed by atoms with Gasteiger partial charge in [-0.1, -0.05) is 20.8 Å². The van der Waals surface area contributed by atoms with Crippen LogP contribution in [0.1, 0.15) is 43.9 Å². The van der Waals surface area contributed by atoms with Gasteiger partial charge in [-0.05, 0) is 35.7 Å². The molecular formula is C32H35F3N6O5SSi. The molecule has 5 heterocycles. The standard InChI is InChI=1S/C32H35F3N6O5SSi/c1-32(2,3)48(4,5)46-7-6-41-12-16(33)8-17(41)13-45-30-38-10-19-20-14-44-15-21(20)23(25(35)26(19)39-30)27-24-18(9-36)29(40-31(42)43)47-28(24)22(34)11-37-27/h10-11,16-17,40H,6-8,12-15H2,1-5H3,(H,42,43)/t16-,17+/m1/s1. The molecule has 2 aliphatic heterocycles. The Kier molecular flexibility index (Phi) is 9.11. The van der Waals surface area contributed by atoms with E-state index in [1.165, 1.54) is 6.20 Å². The number of nitrogens with one attached hydrogen (secondary N) is 1. The van der Waals surface area contributed by atoms with Crippen LogP contribution in [-0.4, -0.2) is 77.9 Å². The number of hydrogen-bond acceptors (Lipinski definition) is 10. The SMILES string of the molecule is CC(C)(C)[Si](C)(C)OCCN1C[C@H](F)C[C@H]1COc1ncc2c3c(c(-c4ncc(F)c5sc(NC(=O)O)c(C#N)c45)c(F)c2n1)COC3. The average molecular weight is 701 g/mol. The number of rotatable bonds is 9. The van der Waals surface area contributed by atoms with Crippen molar-refractivity contribution in [3.8, 4) is 23.3 Å². The lowest BCUT2D eigenvalue weighted by atomic mass is 9.94. The molecule has 2 atom stereocenters. The summed E-state index contributed by atoms with van der Waals surface area (Å²) in [5.41, 5.74) is 0.691. The van der Waals surface area contributed by atoms with E-state index in [0.29, 0.717) is 29.7 Å². The van der Waals surface area contributed by atoms with Gasteiger partial charge >= 0.3 is 12.1 Å². The van der Waals surface area contributed by atoms with E-state index in [0.717, 1.165) is 17.5 Å². The second-order valence-corrected chi connectivity index (χ2v) is 19.3. The Morgan fingerprint density at radius 1 is 1.25 bits per heavy atom. The molecule has 0 unspecified atom stereocenters. The fraction of sp³-hybridized carbons (Fsp3) is 0.469.